The van der Waals surface area contributed by atoms with Crippen LogP contribution >= 0.6 is 0 Å². The van der Waals surface area contributed by atoms with Gasteiger partial charge in [0.25, 0.3) is 0 Å². The lowest BCUT2D eigenvalue weighted by atomic mass is 10.1. The smallest absolute Gasteiger partial charge is 0.338 e. The molecule has 4 nitrogen and oxygen atoms in total. The van der Waals surface area contributed by atoms with Crippen molar-refractivity contribution in [3.05, 3.63) is 29.5 Å². The number of aromatic nitrogens is 2. The maximum Gasteiger partial charge on any atom is 0.338 e. The minimum atomic E-state index is -0.306. The number of hydrogen-bond donors (Lipinski definition) is 1. The minimum Gasteiger partial charge on any atom is -0.462 e. The number of carbonyl (C=O) groups excluding carboxylic acids is 1. The molecule has 0 fully saturated rings. The lowest BCUT2D eigenvalue weighted by Crippen LogP contribution is -2.04. The van der Waals surface area contributed by atoms with Crippen LogP contribution in [-0.4, -0.2) is 22.8 Å². The minimum absolute atomic E-state index is 0.306. The maximum atomic E-state index is 11.4. The molecule has 0 aliphatic heterocycles. The molecule has 0 radical (unpaired) electrons. The van der Waals surface area contributed by atoms with Gasteiger partial charge in [-0.25, -0.2) is 4.79 Å². The summed E-state index contributed by atoms with van der Waals surface area (Å²) >= 11 is 0. The van der Waals surface area contributed by atoms with Gasteiger partial charge < -0.3 is 4.74 Å². The van der Waals surface area contributed by atoms with Crippen LogP contribution in [0.15, 0.2) is 18.2 Å². The zero-order valence-corrected chi connectivity index (χ0v) is 8.70. The van der Waals surface area contributed by atoms with E-state index in [0.717, 1.165) is 16.6 Å². The van der Waals surface area contributed by atoms with E-state index in [1.54, 1.807) is 19.1 Å². The van der Waals surface area contributed by atoms with E-state index in [1.165, 1.54) is 0 Å². The first-order valence-corrected chi connectivity index (χ1v) is 4.84. The topological polar surface area (TPSA) is 55.0 Å². The van der Waals surface area contributed by atoms with Gasteiger partial charge in [0, 0.05) is 11.1 Å². The third kappa shape index (κ3) is 1.70. The van der Waals surface area contributed by atoms with Crippen molar-refractivity contribution >= 4 is 16.9 Å². The standard InChI is InChI=1S/C11H12N2O2/c1-3-15-11(14)8-4-5-9-7(2)12-13-10(9)6-8/h4-6H,3H2,1-2H3,(H,12,13). The molecule has 1 N–H and O–H groups in total. The lowest BCUT2D eigenvalue weighted by Gasteiger charge is -2.00. The van der Waals surface area contributed by atoms with Crippen LogP contribution in [0, 0.1) is 6.92 Å². The molecule has 0 spiro atoms. The van der Waals surface area contributed by atoms with Crippen LogP contribution in [0.5, 0.6) is 0 Å². The van der Waals surface area contributed by atoms with Crippen molar-refractivity contribution in [2.75, 3.05) is 6.61 Å². The van der Waals surface area contributed by atoms with E-state index < -0.39 is 0 Å². The van der Waals surface area contributed by atoms with Crippen LogP contribution in [0.1, 0.15) is 23.0 Å². The number of fused-ring (bicyclic) bond motifs is 1. The summed E-state index contributed by atoms with van der Waals surface area (Å²) in [6, 6.07) is 5.36. The second-order valence-corrected chi connectivity index (χ2v) is 3.30. The third-order valence-corrected chi connectivity index (χ3v) is 2.26. The number of nitrogens with zero attached hydrogens (tertiary/aromatic N) is 1. The fourth-order valence-corrected chi connectivity index (χ4v) is 1.49. The molecule has 4 heteroatoms. The molecule has 0 saturated heterocycles. The maximum absolute atomic E-state index is 11.4. The highest BCUT2D eigenvalue weighted by molar-refractivity contribution is 5.94. The first-order chi connectivity index (χ1) is 7.22. The van der Waals surface area contributed by atoms with Gasteiger partial charge in [-0.05, 0) is 26.0 Å². The summed E-state index contributed by atoms with van der Waals surface area (Å²) in [5, 5.41) is 7.99. The molecule has 0 saturated carbocycles. The van der Waals surface area contributed by atoms with E-state index >= 15 is 0 Å². The fraction of sp³-hybridized carbons (Fsp3) is 0.273. The molecular formula is C11H12N2O2. The van der Waals surface area contributed by atoms with Crippen molar-refractivity contribution in [1.29, 1.82) is 0 Å². The van der Waals surface area contributed by atoms with Crippen molar-refractivity contribution in [3.8, 4) is 0 Å². The van der Waals surface area contributed by atoms with Gasteiger partial charge in [-0.2, -0.15) is 5.10 Å². The molecule has 78 valence electrons. The largest absolute Gasteiger partial charge is 0.462 e. The highest BCUT2D eigenvalue weighted by Gasteiger charge is 2.08. The number of nitrogens with one attached hydrogen (secondary N) is 1. The number of hydrogen-bond acceptors (Lipinski definition) is 3. The number of ether oxygens (including phenoxy) is 1. The summed E-state index contributed by atoms with van der Waals surface area (Å²) in [5.41, 5.74) is 2.33. The van der Waals surface area contributed by atoms with Gasteiger partial charge in [0.2, 0.25) is 0 Å². The van der Waals surface area contributed by atoms with E-state index in [0.29, 0.717) is 12.2 Å². The number of aryl methyl sites for hydroxylation is 1. The monoisotopic (exact) mass is 204 g/mol. The van der Waals surface area contributed by atoms with E-state index in [-0.39, 0.29) is 5.97 Å². The molecule has 2 rings (SSSR count). The normalized spacial score (nSPS) is 10.5. The Kier molecular flexibility index (Phi) is 2.41. The Hall–Kier alpha value is -1.84. The van der Waals surface area contributed by atoms with Crippen molar-refractivity contribution in [3.63, 3.8) is 0 Å². The Balaban J connectivity index is 2.43. The highest BCUT2D eigenvalue weighted by atomic mass is 16.5. The number of rotatable bonds is 2. The zero-order chi connectivity index (χ0) is 10.8. The molecular weight excluding hydrogens is 192 g/mol. The molecule has 0 bridgehead atoms. The van der Waals surface area contributed by atoms with Gasteiger partial charge >= 0.3 is 5.97 Å². The fourth-order valence-electron chi connectivity index (χ4n) is 1.49. The zero-order valence-electron chi connectivity index (χ0n) is 8.70. The third-order valence-electron chi connectivity index (χ3n) is 2.26. The van der Waals surface area contributed by atoms with Gasteiger partial charge in [-0.3, -0.25) is 5.10 Å². The predicted octanol–water partition coefficient (Wildman–Crippen LogP) is 2.05. The lowest BCUT2D eigenvalue weighted by molar-refractivity contribution is 0.0526. The Bertz CT molecular complexity index is 502. The summed E-state index contributed by atoms with van der Waals surface area (Å²) in [5.74, 6) is -0.306. The van der Waals surface area contributed by atoms with E-state index in [9.17, 15) is 4.79 Å². The Morgan fingerprint density at radius 1 is 1.53 bits per heavy atom. The summed E-state index contributed by atoms with van der Waals surface area (Å²) in [6.07, 6.45) is 0. The molecule has 1 aromatic heterocycles. The molecule has 0 atom stereocenters. The van der Waals surface area contributed by atoms with Gasteiger partial charge in [-0.15, -0.1) is 0 Å². The van der Waals surface area contributed by atoms with Crippen LogP contribution in [0.2, 0.25) is 0 Å². The highest BCUT2D eigenvalue weighted by Crippen LogP contribution is 2.17. The second kappa shape index (κ2) is 3.73. The van der Waals surface area contributed by atoms with Gasteiger partial charge in [0.05, 0.1) is 17.7 Å². The first kappa shape index (κ1) is 9.71. The number of carbonyl (C=O) groups is 1. The summed E-state index contributed by atoms with van der Waals surface area (Å²) < 4.78 is 4.91. The van der Waals surface area contributed by atoms with E-state index in [4.69, 9.17) is 4.74 Å². The summed E-state index contributed by atoms with van der Waals surface area (Å²) in [6.45, 7) is 4.12. The number of esters is 1. The predicted molar refractivity (Wildman–Crippen MR) is 56.8 cm³/mol. The molecule has 15 heavy (non-hydrogen) atoms. The van der Waals surface area contributed by atoms with Gasteiger partial charge in [-0.1, -0.05) is 6.07 Å². The second-order valence-electron chi connectivity index (χ2n) is 3.30. The number of benzene rings is 1. The molecule has 0 amide bonds. The Morgan fingerprint density at radius 2 is 2.33 bits per heavy atom. The number of H-pyrrole nitrogens is 1. The average Bonchev–Trinajstić information content (AvgIpc) is 2.60. The van der Waals surface area contributed by atoms with E-state index in [1.807, 2.05) is 13.0 Å². The van der Waals surface area contributed by atoms with Gasteiger partial charge in [0.1, 0.15) is 0 Å². The Morgan fingerprint density at radius 3 is 3.07 bits per heavy atom. The van der Waals surface area contributed by atoms with Crippen LogP contribution in [-0.2, 0) is 4.74 Å². The first-order valence-electron chi connectivity index (χ1n) is 4.84. The van der Waals surface area contributed by atoms with Crippen molar-refractivity contribution < 1.29 is 9.53 Å². The number of aromatic amines is 1. The van der Waals surface area contributed by atoms with Crippen LogP contribution in [0.25, 0.3) is 10.9 Å². The molecule has 1 aromatic carbocycles. The molecule has 0 unspecified atom stereocenters. The quantitative estimate of drug-likeness (QED) is 0.761. The molecule has 0 aliphatic carbocycles. The van der Waals surface area contributed by atoms with Crippen LogP contribution in [0.3, 0.4) is 0 Å². The van der Waals surface area contributed by atoms with E-state index in [2.05, 4.69) is 10.2 Å². The van der Waals surface area contributed by atoms with Crippen LogP contribution < -0.4 is 0 Å². The molecule has 1 heterocycles. The molecule has 0 aliphatic rings. The van der Waals surface area contributed by atoms with Crippen LogP contribution in [0.4, 0.5) is 0 Å². The summed E-state index contributed by atoms with van der Waals surface area (Å²) in [4.78, 5) is 11.4. The average molecular weight is 204 g/mol. The van der Waals surface area contributed by atoms with Gasteiger partial charge in [0.15, 0.2) is 0 Å². The van der Waals surface area contributed by atoms with Crippen molar-refractivity contribution in [2.24, 2.45) is 0 Å². The summed E-state index contributed by atoms with van der Waals surface area (Å²) in [7, 11) is 0. The van der Waals surface area contributed by atoms with Crippen molar-refractivity contribution in [1.82, 2.24) is 10.2 Å². The SMILES string of the molecule is CCOC(=O)c1ccc2c(C)[nH]nc2c1. The molecule has 2 aromatic rings. The van der Waals surface area contributed by atoms with Crippen molar-refractivity contribution in [2.45, 2.75) is 13.8 Å². The Labute approximate surface area is 87.2 Å².